The fourth-order valence-corrected chi connectivity index (χ4v) is 2.40. The lowest BCUT2D eigenvalue weighted by Gasteiger charge is -2.16. The molecule has 1 aromatic rings. The van der Waals surface area contributed by atoms with Crippen LogP contribution in [0.1, 0.15) is 32.8 Å². The molecule has 0 spiro atoms. The average Bonchev–Trinajstić information content (AvgIpc) is 2.20. The molecule has 0 radical (unpaired) electrons. The third-order valence-electron chi connectivity index (χ3n) is 2.76. The maximum absolute atomic E-state index is 6.17. The van der Waals surface area contributed by atoms with Gasteiger partial charge in [-0.2, -0.15) is 0 Å². The standard InChI is InChI=1S/C14H21Cl2N/c1-9(2)5-10(3)8-17-14-7-12(15)11(4)6-13(14)16/h6-7,9-10,17H,5,8H2,1-4H3. The summed E-state index contributed by atoms with van der Waals surface area (Å²) in [6.07, 6.45) is 1.21. The zero-order valence-electron chi connectivity index (χ0n) is 11.0. The molecule has 96 valence electrons. The minimum Gasteiger partial charge on any atom is -0.384 e. The molecule has 0 fully saturated rings. The Morgan fingerprint density at radius 2 is 1.76 bits per heavy atom. The quantitative estimate of drug-likeness (QED) is 0.758. The van der Waals surface area contributed by atoms with Crippen molar-refractivity contribution in [1.29, 1.82) is 0 Å². The summed E-state index contributed by atoms with van der Waals surface area (Å²) in [5.74, 6) is 1.36. The van der Waals surface area contributed by atoms with E-state index in [2.05, 4.69) is 26.1 Å². The van der Waals surface area contributed by atoms with Gasteiger partial charge in [-0.15, -0.1) is 0 Å². The first-order valence-corrected chi connectivity index (χ1v) is 6.85. The average molecular weight is 274 g/mol. The van der Waals surface area contributed by atoms with Crippen LogP contribution in [0.3, 0.4) is 0 Å². The summed E-state index contributed by atoms with van der Waals surface area (Å²) in [7, 11) is 0. The zero-order chi connectivity index (χ0) is 13.0. The summed E-state index contributed by atoms with van der Waals surface area (Å²) >= 11 is 12.3. The van der Waals surface area contributed by atoms with Gasteiger partial charge in [0.1, 0.15) is 0 Å². The molecule has 1 rings (SSSR count). The lowest BCUT2D eigenvalue weighted by Crippen LogP contribution is -2.13. The summed E-state index contributed by atoms with van der Waals surface area (Å²) in [5, 5.41) is 4.87. The van der Waals surface area contributed by atoms with Crippen LogP contribution in [-0.2, 0) is 0 Å². The van der Waals surface area contributed by atoms with Gasteiger partial charge in [0, 0.05) is 11.6 Å². The van der Waals surface area contributed by atoms with E-state index in [1.165, 1.54) is 6.42 Å². The van der Waals surface area contributed by atoms with Crippen LogP contribution in [-0.4, -0.2) is 6.54 Å². The second kappa shape index (κ2) is 6.51. The van der Waals surface area contributed by atoms with Crippen molar-refractivity contribution in [1.82, 2.24) is 0 Å². The Morgan fingerprint density at radius 3 is 2.35 bits per heavy atom. The van der Waals surface area contributed by atoms with E-state index in [1.807, 2.05) is 19.1 Å². The van der Waals surface area contributed by atoms with Crippen molar-refractivity contribution >= 4 is 28.9 Å². The van der Waals surface area contributed by atoms with E-state index >= 15 is 0 Å². The predicted molar refractivity (Wildman–Crippen MR) is 78.3 cm³/mol. The first-order valence-electron chi connectivity index (χ1n) is 6.09. The number of anilines is 1. The molecule has 0 heterocycles. The molecule has 0 amide bonds. The number of aryl methyl sites for hydroxylation is 1. The predicted octanol–water partition coefficient (Wildman–Crippen LogP) is 5.40. The highest BCUT2D eigenvalue weighted by Gasteiger charge is 2.08. The van der Waals surface area contributed by atoms with Crippen LogP contribution in [0.2, 0.25) is 10.0 Å². The van der Waals surface area contributed by atoms with Gasteiger partial charge < -0.3 is 5.32 Å². The number of benzene rings is 1. The fourth-order valence-electron chi connectivity index (χ4n) is 1.95. The van der Waals surface area contributed by atoms with E-state index in [0.29, 0.717) is 5.92 Å². The zero-order valence-corrected chi connectivity index (χ0v) is 12.5. The largest absolute Gasteiger partial charge is 0.384 e. The van der Waals surface area contributed by atoms with E-state index in [9.17, 15) is 0 Å². The van der Waals surface area contributed by atoms with Crippen LogP contribution < -0.4 is 5.32 Å². The number of halogens is 2. The first-order chi connectivity index (χ1) is 7.90. The van der Waals surface area contributed by atoms with Crippen molar-refractivity contribution in [3.63, 3.8) is 0 Å². The second-order valence-electron chi connectivity index (χ2n) is 5.20. The summed E-state index contributed by atoms with van der Waals surface area (Å²) in [5.41, 5.74) is 1.94. The fraction of sp³-hybridized carbons (Fsp3) is 0.571. The van der Waals surface area contributed by atoms with E-state index in [0.717, 1.165) is 33.8 Å². The van der Waals surface area contributed by atoms with E-state index in [-0.39, 0.29) is 0 Å². The Hall–Kier alpha value is -0.400. The molecule has 0 aromatic heterocycles. The Bertz CT molecular complexity index is 375. The monoisotopic (exact) mass is 273 g/mol. The number of hydrogen-bond donors (Lipinski definition) is 1. The molecule has 0 aliphatic rings. The molecule has 1 aromatic carbocycles. The van der Waals surface area contributed by atoms with E-state index < -0.39 is 0 Å². The maximum Gasteiger partial charge on any atom is 0.0641 e. The van der Waals surface area contributed by atoms with Crippen LogP contribution in [0.15, 0.2) is 12.1 Å². The Kier molecular flexibility index (Phi) is 5.61. The number of nitrogens with one attached hydrogen (secondary N) is 1. The number of hydrogen-bond acceptors (Lipinski definition) is 1. The van der Waals surface area contributed by atoms with Gasteiger partial charge in [-0.25, -0.2) is 0 Å². The van der Waals surface area contributed by atoms with E-state index in [1.54, 1.807) is 0 Å². The molecule has 0 saturated carbocycles. The highest BCUT2D eigenvalue weighted by atomic mass is 35.5. The normalized spacial score (nSPS) is 12.9. The molecule has 0 saturated heterocycles. The van der Waals surface area contributed by atoms with Gasteiger partial charge in [0.05, 0.1) is 10.7 Å². The van der Waals surface area contributed by atoms with Crippen LogP contribution in [0.4, 0.5) is 5.69 Å². The van der Waals surface area contributed by atoms with Crippen molar-refractivity contribution in [3.05, 3.63) is 27.7 Å². The Morgan fingerprint density at radius 1 is 1.12 bits per heavy atom. The molecular weight excluding hydrogens is 253 g/mol. The van der Waals surface area contributed by atoms with Crippen LogP contribution in [0, 0.1) is 18.8 Å². The Balaban J connectivity index is 2.60. The SMILES string of the molecule is Cc1cc(Cl)c(NCC(C)CC(C)C)cc1Cl. The second-order valence-corrected chi connectivity index (χ2v) is 6.01. The van der Waals surface area contributed by atoms with E-state index in [4.69, 9.17) is 23.2 Å². The molecule has 1 unspecified atom stereocenters. The van der Waals surface area contributed by atoms with Crippen molar-refractivity contribution in [2.45, 2.75) is 34.1 Å². The summed E-state index contributed by atoms with van der Waals surface area (Å²) in [6.45, 7) is 9.62. The molecule has 17 heavy (non-hydrogen) atoms. The Labute approximate surface area is 115 Å². The molecule has 0 aliphatic heterocycles. The molecule has 1 N–H and O–H groups in total. The van der Waals surface area contributed by atoms with Crippen molar-refractivity contribution in [2.75, 3.05) is 11.9 Å². The third-order valence-corrected chi connectivity index (χ3v) is 3.48. The molecule has 1 atom stereocenters. The first kappa shape index (κ1) is 14.7. The third kappa shape index (κ3) is 4.77. The van der Waals surface area contributed by atoms with Crippen LogP contribution in [0.5, 0.6) is 0 Å². The van der Waals surface area contributed by atoms with Gasteiger partial charge in [-0.3, -0.25) is 0 Å². The lowest BCUT2D eigenvalue weighted by molar-refractivity contribution is 0.455. The van der Waals surface area contributed by atoms with Crippen LogP contribution >= 0.6 is 23.2 Å². The summed E-state index contributed by atoms with van der Waals surface area (Å²) in [6, 6.07) is 3.81. The highest BCUT2D eigenvalue weighted by molar-refractivity contribution is 6.35. The molecule has 3 heteroatoms. The van der Waals surface area contributed by atoms with Gasteiger partial charge in [0.15, 0.2) is 0 Å². The highest BCUT2D eigenvalue weighted by Crippen LogP contribution is 2.29. The summed E-state index contributed by atoms with van der Waals surface area (Å²) in [4.78, 5) is 0. The van der Waals surface area contributed by atoms with Crippen molar-refractivity contribution in [2.24, 2.45) is 11.8 Å². The minimum absolute atomic E-state index is 0.631. The smallest absolute Gasteiger partial charge is 0.0641 e. The minimum atomic E-state index is 0.631. The molecule has 0 bridgehead atoms. The van der Waals surface area contributed by atoms with Crippen molar-refractivity contribution in [3.8, 4) is 0 Å². The van der Waals surface area contributed by atoms with Gasteiger partial charge in [0.2, 0.25) is 0 Å². The molecular formula is C14H21Cl2N. The lowest BCUT2D eigenvalue weighted by atomic mass is 9.99. The molecule has 0 aliphatic carbocycles. The van der Waals surface area contributed by atoms with Gasteiger partial charge >= 0.3 is 0 Å². The number of rotatable bonds is 5. The van der Waals surface area contributed by atoms with Gasteiger partial charge in [-0.05, 0) is 42.9 Å². The molecule has 1 nitrogen and oxygen atoms in total. The van der Waals surface area contributed by atoms with Crippen molar-refractivity contribution < 1.29 is 0 Å². The summed E-state index contributed by atoms with van der Waals surface area (Å²) < 4.78 is 0. The topological polar surface area (TPSA) is 12.0 Å². The van der Waals surface area contributed by atoms with Gasteiger partial charge in [-0.1, -0.05) is 44.0 Å². The van der Waals surface area contributed by atoms with Gasteiger partial charge in [0.25, 0.3) is 0 Å². The van der Waals surface area contributed by atoms with Crippen LogP contribution in [0.25, 0.3) is 0 Å². The maximum atomic E-state index is 6.17.